The van der Waals surface area contributed by atoms with Gasteiger partial charge in [0.05, 0.1) is 10.9 Å². The van der Waals surface area contributed by atoms with Crippen molar-refractivity contribution in [1.29, 1.82) is 0 Å². The fourth-order valence-corrected chi connectivity index (χ4v) is 5.12. The van der Waals surface area contributed by atoms with Crippen LogP contribution in [0.4, 0.5) is 0 Å². The number of hydrogen-bond acceptors (Lipinski definition) is 6. The molecule has 1 aliphatic rings. The molecular weight excluding hydrogens is 400 g/mol. The van der Waals surface area contributed by atoms with E-state index >= 15 is 0 Å². The fraction of sp³-hybridized carbons (Fsp3) is 0.364. The summed E-state index contributed by atoms with van der Waals surface area (Å²) in [6.45, 7) is 7.99. The molecule has 0 spiro atoms. The Labute approximate surface area is 177 Å². The largest absolute Gasteiger partial charge is 0.419 e. The first kappa shape index (κ1) is 20.7. The van der Waals surface area contributed by atoms with E-state index in [0.717, 1.165) is 16.7 Å². The Kier molecular flexibility index (Phi) is 5.73. The predicted octanol–water partition coefficient (Wildman–Crippen LogP) is 3.42. The number of rotatable bonds is 5. The molecule has 0 amide bonds. The van der Waals surface area contributed by atoms with Crippen LogP contribution >= 0.6 is 0 Å². The molecule has 30 heavy (non-hydrogen) atoms. The maximum absolute atomic E-state index is 13.0. The maximum atomic E-state index is 13.0. The second-order valence-corrected chi connectivity index (χ2v) is 9.61. The maximum Gasteiger partial charge on any atom is 0.247 e. The number of aromatic nitrogens is 2. The van der Waals surface area contributed by atoms with Crippen LogP contribution in [-0.4, -0.2) is 54.0 Å². The molecule has 1 atom stereocenters. The fourth-order valence-electron chi connectivity index (χ4n) is 3.61. The molecule has 1 aliphatic heterocycles. The molecule has 0 radical (unpaired) electrons. The molecule has 2 heterocycles. The zero-order valence-corrected chi connectivity index (χ0v) is 18.3. The quantitative estimate of drug-likeness (QED) is 0.622. The van der Waals surface area contributed by atoms with Crippen LogP contribution < -0.4 is 0 Å². The van der Waals surface area contributed by atoms with Gasteiger partial charge in [-0.15, -0.1) is 10.2 Å². The van der Waals surface area contributed by atoms with Gasteiger partial charge in [0.2, 0.25) is 21.8 Å². The van der Waals surface area contributed by atoms with Crippen LogP contribution in [-0.2, 0) is 10.0 Å². The molecule has 1 aromatic heterocycles. The van der Waals surface area contributed by atoms with Crippen molar-refractivity contribution in [2.75, 3.05) is 26.2 Å². The molecule has 0 aliphatic carbocycles. The third-order valence-corrected chi connectivity index (χ3v) is 7.65. The zero-order chi connectivity index (χ0) is 21.3. The van der Waals surface area contributed by atoms with E-state index in [4.69, 9.17) is 4.42 Å². The standard InChI is InChI=1S/C22H26N4O3S/c1-16-9-10-20(15-17(16)2)30(27,28)26-13-11-25(12-14-26)18(3)21-23-24-22(29-21)19-7-5-4-6-8-19/h4-10,15,18H,11-14H2,1-3H3. The monoisotopic (exact) mass is 426 g/mol. The Morgan fingerprint density at radius 1 is 0.933 bits per heavy atom. The van der Waals surface area contributed by atoms with Crippen molar-refractivity contribution in [3.8, 4) is 11.5 Å². The number of benzene rings is 2. The molecule has 8 heteroatoms. The van der Waals surface area contributed by atoms with Gasteiger partial charge in [0.1, 0.15) is 0 Å². The highest BCUT2D eigenvalue weighted by molar-refractivity contribution is 7.89. The van der Waals surface area contributed by atoms with E-state index in [9.17, 15) is 8.42 Å². The van der Waals surface area contributed by atoms with Gasteiger partial charge in [-0.2, -0.15) is 4.31 Å². The van der Waals surface area contributed by atoms with Crippen molar-refractivity contribution >= 4 is 10.0 Å². The first-order chi connectivity index (χ1) is 14.4. The van der Waals surface area contributed by atoms with Crippen LogP contribution in [0.3, 0.4) is 0 Å². The van der Waals surface area contributed by atoms with Gasteiger partial charge in [-0.05, 0) is 56.2 Å². The van der Waals surface area contributed by atoms with Crippen molar-refractivity contribution in [1.82, 2.24) is 19.4 Å². The summed E-state index contributed by atoms with van der Waals surface area (Å²) in [5, 5.41) is 8.37. The first-order valence-corrected chi connectivity index (χ1v) is 11.5. The molecule has 0 saturated carbocycles. The molecule has 3 aromatic rings. The molecule has 158 valence electrons. The smallest absolute Gasteiger partial charge is 0.247 e. The van der Waals surface area contributed by atoms with E-state index in [1.807, 2.05) is 57.2 Å². The lowest BCUT2D eigenvalue weighted by atomic mass is 10.1. The van der Waals surface area contributed by atoms with Crippen molar-refractivity contribution in [2.24, 2.45) is 0 Å². The van der Waals surface area contributed by atoms with Crippen LogP contribution in [0, 0.1) is 13.8 Å². The highest BCUT2D eigenvalue weighted by atomic mass is 32.2. The van der Waals surface area contributed by atoms with E-state index in [-0.39, 0.29) is 6.04 Å². The van der Waals surface area contributed by atoms with Crippen LogP contribution in [0.2, 0.25) is 0 Å². The van der Waals surface area contributed by atoms with Crippen LogP contribution in [0.25, 0.3) is 11.5 Å². The lowest BCUT2D eigenvalue weighted by molar-refractivity contribution is 0.129. The third kappa shape index (κ3) is 4.03. The number of aryl methyl sites for hydroxylation is 2. The molecule has 1 unspecified atom stereocenters. The third-order valence-electron chi connectivity index (χ3n) is 5.76. The van der Waals surface area contributed by atoms with Gasteiger partial charge in [0, 0.05) is 31.7 Å². The van der Waals surface area contributed by atoms with Gasteiger partial charge >= 0.3 is 0 Å². The first-order valence-electron chi connectivity index (χ1n) is 10.1. The molecular formula is C22H26N4O3S. The lowest BCUT2D eigenvalue weighted by Gasteiger charge is -2.36. The molecule has 0 N–H and O–H groups in total. The van der Waals surface area contributed by atoms with Gasteiger partial charge in [-0.3, -0.25) is 4.90 Å². The summed E-state index contributed by atoms with van der Waals surface area (Å²) in [5.41, 5.74) is 2.95. The van der Waals surface area contributed by atoms with Gasteiger partial charge in [0.25, 0.3) is 0 Å². The van der Waals surface area contributed by atoms with Crippen molar-refractivity contribution in [2.45, 2.75) is 31.7 Å². The lowest BCUT2D eigenvalue weighted by Crippen LogP contribution is -2.49. The Balaban J connectivity index is 1.43. The van der Waals surface area contributed by atoms with Crippen LogP contribution in [0.5, 0.6) is 0 Å². The summed E-state index contributed by atoms with van der Waals surface area (Å²) in [6.07, 6.45) is 0. The summed E-state index contributed by atoms with van der Waals surface area (Å²) in [5.74, 6) is 1.03. The summed E-state index contributed by atoms with van der Waals surface area (Å²) >= 11 is 0. The Morgan fingerprint density at radius 2 is 1.63 bits per heavy atom. The minimum absolute atomic E-state index is 0.0820. The summed E-state index contributed by atoms with van der Waals surface area (Å²) in [7, 11) is -3.49. The highest BCUT2D eigenvalue weighted by Gasteiger charge is 2.32. The molecule has 4 rings (SSSR count). The molecule has 2 aromatic carbocycles. The SMILES string of the molecule is Cc1ccc(S(=O)(=O)N2CCN(C(C)c3nnc(-c4ccccc4)o3)CC2)cc1C. The number of nitrogens with zero attached hydrogens (tertiary/aromatic N) is 4. The molecule has 7 nitrogen and oxygen atoms in total. The number of sulfonamides is 1. The molecule has 0 bridgehead atoms. The van der Waals surface area contributed by atoms with Gasteiger partial charge in [0.15, 0.2) is 0 Å². The predicted molar refractivity (Wildman–Crippen MR) is 114 cm³/mol. The summed E-state index contributed by atoms with van der Waals surface area (Å²) < 4.78 is 33.5. The van der Waals surface area contributed by atoms with Gasteiger partial charge in [-0.1, -0.05) is 24.3 Å². The second kappa shape index (κ2) is 8.29. The number of piperazine rings is 1. The Bertz CT molecular complexity index is 1120. The van der Waals surface area contributed by atoms with Gasteiger partial charge in [-0.25, -0.2) is 8.42 Å². The highest BCUT2D eigenvalue weighted by Crippen LogP contribution is 2.26. The normalized spacial score (nSPS) is 17.2. The van der Waals surface area contributed by atoms with E-state index in [0.29, 0.717) is 42.9 Å². The average molecular weight is 427 g/mol. The van der Waals surface area contributed by atoms with Crippen LogP contribution in [0.15, 0.2) is 57.8 Å². The van der Waals surface area contributed by atoms with E-state index in [1.165, 1.54) is 0 Å². The minimum Gasteiger partial charge on any atom is -0.419 e. The summed E-state index contributed by atoms with van der Waals surface area (Å²) in [6, 6.07) is 14.9. The minimum atomic E-state index is -3.49. The summed E-state index contributed by atoms with van der Waals surface area (Å²) in [4.78, 5) is 2.53. The van der Waals surface area contributed by atoms with E-state index in [1.54, 1.807) is 16.4 Å². The Hall–Kier alpha value is -2.55. The molecule has 1 saturated heterocycles. The van der Waals surface area contributed by atoms with Crippen molar-refractivity contribution in [3.63, 3.8) is 0 Å². The van der Waals surface area contributed by atoms with Crippen LogP contribution in [0.1, 0.15) is 30.0 Å². The van der Waals surface area contributed by atoms with E-state index < -0.39 is 10.0 Å². The Morgan fingerprint density at radius 3 is 2.30 bits per heavy atom. The van der Waals surface area contributed by atoms with E-state index in [2.05, 4.69) is 15.1 Å². The van der Waals surface area contributed by atoms with Crippen molar-refractivity contribution < 1.29 is 12.8 Å². The zero-order valence-electron chi connectivity index (χ0n) is 17.4. The average Bonchev–Trinajstić information content (AvgIpc) is 3.26. The molecule has 1 fully saturated rings. The topological polar surface area (TPSA) is 79.5 Å². The number of hydrogen-bond donors (Lipinski definition) is 0. The van der Waals surface area contributed by atoms with Gasteiger partial charge < -0.3 is 4.42 Å². The second-order valence-electron chi connectivity index (χ2n) is 7.67. The van der Waals surface area contributed by atoms with Crippen molar-refractivity contribution in [3.05, 3.63) is 65.5 Å².